The van der Waals surface area contributed by atoms with Gasteiger partial charge in [0.15, 0.2) is 0 Å². The van der Waals surface area contributed by atoms with E-state index < -0.39 is 0 Å². The van der Waals surface area contributed by atoms with Crippen molar-refractivity contribution in [2.24, 2.45) is 0 Å². The van der Waals surface area contributed by atoms with Crippen molar-refractivity contribution in [2.45, 2.75) is 18.8 Å². The van der Waals surface area contributed by atoms with Crippen LogP contribution in [0.3, 0.4) is 0 Å². The largest absolute Gasteiger partial charge is 0.437 e. The number of hydrogen-bond acceptors (Lipinski definition) is 4. The Balaban J connectivity index is 1.44. The fourth-order valence-electron chi connectivity index (χ4n) is 3.32. The zero-order chi connectivity index (χ0) is 18.6. The van der Waals surface area contributed by atoms with E-state index in [1.807, 2.05) is 11.0 Å². The van der Waals surface area contributed by atoms with Gasteiger partial charge < -0.3 is 9.64 Å². The van der Waals surface area contributed by atoms with Gasteiger partial charge in [0, 0.05) is 49.2 Å². The van der Waals surface area contributed by atoms with E-state index in [1.54, 1.807) is 36.7 Å². The molecule has 1 N–H and O–H groups in total. The van der Waals surface area contributed by atoms with Gasteiger partial charge in [0.05, 0.1) is 5.56 Å². The smallest absolute Gasteiger partial charge is 0.255 e. The number of pyridine rings is 1. The van der Waals surface area contributed by atoms with Gasteiger partial charge in [-0.05, 0) is 37.1 Å². The van der Waals surface area contributed by atoms with Crippen LogP contribution in [0.5, 0.6) is 11.6 Å². The van der Waals surface area contributed by atoms with E-state index >= 15 is 0 Å². The van der Waals surface area contributed by atoms with Gasteiger partial charge in [-0.2, -0.15) is 0 Å². The van der Waals surface area contributed by atoms with Crippen molar-refractivity contribution < 1.29 is 13.9 Å². The minimum absolute atomic E-state index is 0.0106. The molecule has 0 aliphatic carbocycles. The van der Waals surface area contributed by atoms with E-state index in [0.29, 0.717) is 23.7 Å². The maximum Gasteiger partial charge on any atom is 0.255 e. The van der Waals surface area contributed by atoms with Crippen LogP contribution in [0.1, 0.15) is 34.8 Å². The van der Waals surface area contributed by atoms with Crippen molar-refractivity contribution in [3.05, 3.63) is 71.9 Å². The Hall–Kier alpha value is -3.22. The van der Waals surface area contributed by atoms with Crippen molar-refractivity contribution in [1.82, 2.24) is 20.1 Å². The number of nitrogens with zero attached hydrogens (tertiary/aromatic N) is 3. The third-order valence-electron chi connectivity index (χ3n) is 4.65. The molecule has 1 aliphatic heterocycles. The molecule has 0 bridgehead atoms. The first-order valence-corrected chi connectivity index (χ1v) is 8.87. The first kappa shape index (κ1) is 17.2. The average molecular weight is 366 g/mol. The van der Waals surface area contributed by atoms with Crippen molar-refractivity contribution in [2.75, 3.05) is 13.1 Å². The summed E-state index contributed by atoms with van der Waals surface area (Å²) in [4.78, 5) is 18.5. The molecule has 4 rings (SSSR count). The van der Waals surface area contributed by atoms with E-state index in [2.05, 4.69) is 15.2 Å². The van der Waals surface area contributed by atoms with Gasteiger partial charge in [0.1, 0.15) is 11.6 Å². The molecule has 1 amide bonds. The molecule has 0 saturated carbocycles. The lowest BCUT2D eigenvalue weighted by Gasteiger charge is -2.32. The minimum atomic E-state index is -0.361. The third kappa shape index (κ3) is 3.97. The Morgan fingerprint density at radius 2 is 2.19 bits per heavy atom. The van der Waals surface area contributed by atoms with E-state index in [0.717, 1.165) is 25.1 Å². The summed E-state index contributed by atoms with van der Waals surface area (Å²) in [5, 5.41) is 7.15. The standard InChI is InChI=1S/C20H19FN4O2/c21-16-6-1-7-17(10-16)27-19-11-18(23-24-19)15-5-3-9-25(13-15)20(26)14-4-2-8-22-12-14/h1-2,4,6-8,10-12,15H,3,5,9,13H2,(H,23,24)/t15-/m0/s1. The first-order chi connectivity index (χ1) is 13.2. The van der Waals surface area contributed by atoms with Gasteiger partial charge in [0.25, 0.3) is 5.91 Å². The second-order valence-electron chi connectivity index (χ2n) is 6.55. The van der Waals surface area contributed by atoms with Crippen LogP contribution in [0.4, 0.5) is 4.39 Å². The minimum Gasteiger partial charge on any atom is -0.437 e. The molecule has 0 spiro atoms. The maximum absolute atomic E-state index is 13.3. The number of aromatic nitrogens is 3. The zero-order valence-electron chi connectivity index (χ0n) is 14.6. The van der Waals surface area contributed by atoms with Crippen molar-refractivity contribution >= 4 is 5.91 Å². The molecule has 1 aromatic carbocycles. The van der Waals surface area contributed by atoms with Crippen LogP contribution < -0.4 is 4.74 Å². The summed E-state index contributed by atoms with van der Waals surface area (Å²) >= 11 is 0. The zero-order valence-corrected chi connectivity index (χ0v) is 14.6. The van der Waals surface area contributed by atoms with Crippen molar-refractivity contribution in [1.29, 1.82) is 0 Å². The monoisotopic (exact) mass is 366 g/mol. The van der Waals surface area contributed by atoms with E-state index in [4.69, 9.17) is 4.74 Å². The Morgan fingerprint density at radius 1 is 1.26 bits per heavy atom. The number of ether oxygens (including phenoxy) is 1. The van der Waals surface area contributed by atoms with Crippen LogP contribution >= 0.6 is 0 Å². The lowest BCUT2D eigenvalue weighted by molar-refractivity contribution is 0.0705. The topological polar surface area (TPSA) is 71.1 Å². The molecule has 7 heteroatoms. The molecule has 3 aromatic rings. The van der Waals surface area contributed by atoms with Crippen molar-refractivity contribution in [3.63, 3.8) is 0 Å². The van der Waals surface area contributed by atoms with Gasteiger partial charge in [-0.15, -0.1) is 5.10 Å². The first-order valence-electron chi connectivity index (χ1n) is 8.87. The number of carbonyl (C=O) groups is 1. The molecule has 2 aromatic heterocycles. The number of amides is 1. The fraction of sp³-hybridized carbons (Fsp3) is 0.250. The van der Waals surface area contributed by atoms with Crippen LogP contribution in [0.2, 0.25) is 0 Å². The van der Waals surface area contributed by atoms with Crippen LogP contribution in [0, 0.1) is 5.82 Å². The summed E-state index contributed by atoms with van der Waals surface area (Å²) in [5.74, 6) is 0.553. The van der Waals surface area contributed by atoms with E-state index in [-0.39, 0.29) is 17.6 Å². The summed E-state index contributed by atoms with van der Waals surface area (Å²) in [7, 11) is 0. The van der Waals surface area contributed by atoms with Crippen LogP contribution in [0.25, 0.3) is 0 Å². The van der Waals surface area contributed by atoms with Gasteiger partial charge >= 0.3 is 0 Å². The third-order valence-corrected chi connectivity index (χ3v) is 4.65. The Bertz CT molecular complexity index is 928. The Kier molecular flexibility index (Phi) is 4.82. The molecule has 138 valence electrons. The number of carbonyl (C=O) groups excluding carboxylic acids is 1. The van der Waals surface area contributed by atoms with Crippen LogP contribution in [-0.2, 0) is 0 Å². The molecule has 0 unspecified atom stereocenters. The quantitative estimate of drug-likeness (QED) is 0.763. The number of likely N-dealkylation sites (tertiary alicyclic amines) is 1. The molecule has 6 nitrogen and oxygen atoms in total. The summed E-state index contributed by atoms with van der Waals surface area (Å²) in [6, 6.07) is 11.3. The lowest BCUT2D eigenvalue weighted by atomic mass is 9.94. The van der Waals surface area contributed by atoms with Gasteiger partial charge in [-0.3, -0.25) is 14.9 Å². The predicted octanol–water partition coefficient (Wildman–Crippen LogP) is 3.76. The molecule has 1 fully saturated rings. The van der Waals surface area contributed by atoms with Gasteiger partial charge in [-0.25, -0.2) is 4.39 Å². The number of aromatic amines is 1. The van der Waals surface area contributed by atoms with Gasteiger partial charge in [0.2, 0.25) is 5.88 Å². The molecule has 1 atom stereocenters. The fourth-order valence-corrected chi connectivity index (χ4v) is 3.32. The lowest BCUT2D eigenvalue weighted by Crippen LogP contribution is -2.39. The molecule has 1 aliphatic rings. The van der Waals surface area contributed by atoms with Gasteiger partial charge in [-0.1, -0.05) is 6.07 Å². The van der Waals surface area contributed by atoms with Crippen LogP contribution in [0.15, 0.2) is 54.9 Å². The maximum atomic E-state index is 13.3. The Morgan fingerprint density at radius 3 is 3.00 bits per heavy atom. The average Bonchev–Trinajstić information content (AvgIpc) is 3.17. The van der Waals surface area contributed by atoms with Crippen LogP contribution in [-0.4, -0.2) is 39.1 Å². The van der Waals surface area contributed by atoms with E-state index in [9.17, 15) is 9.18 Å². The number of hydrogen-bond donors (Lipinski definition) is 1. The normalized spacial score (nSPS) is 16.9. The Labute approximate surface area is 156 Å². The predicted molar refractivity (Wildman–Crippen MR) is 97.2 cm³/mol. The second-order valence-corrected chi connectivity index (χ2v) is 6.55. The molecule has 27 heavy (non-hydrogen) atoms. The molecule has 3 heterocycles. The summed E-state index contributed by atoms with van der Waals surface area (Å²) in [6.07, 6.45) is 5.11. The molecule has 1 saturated heterocycles. The molecular formula is C20H19FN4O2. The highest BCUT2D eigenvalue weighted by Gasteiger charge is 2.27. The summed E-state index contributed by atoms with van der Waals surface area (Å²) in [5.41, 5.74) is 1.50. The number of H-pyrrole nitrogens is 1. The van der Waals surface area contributed by atoms with Crippen molar-refractivity contribution in [3.8, 4) is 11.6 Å². The second kappa shape index (κ2) is 7.57. The number of benzene rings is 1. The molecule has 0 radical (unpaired) electrons. The number of halogens is 1. The number of rotatable bonds is 4. The summed E-state index contributed by atoms with van der Waals surface area (Å²) in [6.45, 7) is 1.33. The van der Waals surface area contributed by atoms with E-state index in [1.165, 1.54) is 12.1 Å². The highest BCUT2D eigenvalue weighted by molar-refractivity contribution is 5.94. The molecular weight excluding hydrogens is 347 g/mol. The highest BCUT2D eigenvalue weighted by Crippen LogP contribution is 2.29. The SMILES string of the molecule is O=C(c1cccnc1)N1CCC[C@H](c2cc(Oc3cccc(F)c3)n[nH]2)C1. The number of piperidine rings is 1. The number of nitrogens with one attached hydrogen (secondary N) is 1. The summed E-state index contributed by atoms with van der Waals surface area (Å²) < 4.78 is 18.9. The highest BCUT2D eigenvalue weighted by atomic mass is 19.1.